The SMILES string of the molecule is COC(=O)C=Cc1ccc(Sc2ccccc2N2CCCC(C(=O)OC(C)(C)C)C2)c(Cl)c1Cl. The van der Waals surface area contributed by atoms with E-state index in [4.69, 9.17) is 27.9 Å². The summed E-state index contributed by atoms with van der Waals surface area (Å²) in [6, 6.07) is 11.8. The lowest BCUT2D eigenvalue weighted by Crippen LogP contribution is -2.41. The Morgan fingerprint density at radius 3 is 2.53 bits per heavy atom. The largest absolute Gasteiger partial charge is 0.466 e. The first-order valence-corrected chi connectivity index (χ1v) is 12.6. The van der Waals surface area contributed by atoms with Crippen molar-refractivity contribution in [1.82, 2.24) is 0 Å². The second-order valence-corrected chi connectivity index (χ2v) is 10.9. The number of anilines is 1. The van der Waals surface area contributed by atoms with E-state index in [1.807, 2.05) is 51.1 Å². The normalized spacial score (nSPS) is 16.5. The van der Waals surface area contributed by atoms with Gasteiger partial charge < -0.3 is 14.4 Å². The Balaban J connectivity index is 1.81. The molecule has 1 aliphatic heterocycles. The number of hydrogen-bond acceptors (Lipinski definition) is 6. The summed E-state index contributed by atoms with van der Waals surface area (Å²) in [5.41, 5.74) is 1.18. The predicted octanol–water partition coefficient (Wildman–Crippen LogP) is 6.89. The molecule has 5 nitrogen and oxygen atoms in total. The lowest BCUT2D eigenvalue weighted by molar-refractivity contribution is -0.160. The zero-order valence-corrected chi connectivity index (χ0v) is 22.1. The van der Waals surface area contributed by atoms with Crippen molar-refractivity contribution in [3.8, 4) is 0 Å². The van der Waals surface area contributed by atoms with Crippen LogP contribution in [0, 0.1) is 5.92 Å². The van der Waals surface area contributed by atoms with Crippen LogP contribution >= 0.6 is 35.0 Å². The molecule has 2 aromatic carbocycles. The van der Waals surface area contributed by atoms with Crippen LogP contribution in [0.4, 0.5) is 5.69 Å². The molecular formula is C26H29Cl2NO4S. The second kappa shape index (κ2) is 11.5. The molecule has 34 heavy (non-hydrogen) atoms. The van der Waals surface area contributed by atoms with Crippen molar-refractivity contribution in [2.45, 2.75) is 49.0 Å². The first kappa shape index (κ1) is 26.5. The van der Waals surface area contributed by atoms with Crippen molar-refractivity contribution in [1.29, 1.82) is 0 Å². The van der Waals surface area contributed by atoms with Crippen LogP contribution in [0.1, 0.15) is 39.2 Å². The summed E-state index contributed by atoms with van der Waals surface area (Å²) in [5.74, 6) is -0.775. The van der Waals surface area contributed by atoms with Gasteiger partial charge in [0.25, 0.3) is 0 Å². The molecule has 1 aliphatic rings. The van der Waals surface area contributed by atoms with Crippen molar-refractivity contribution in [2.75, 3.05) is 25.1 Å². The van der Waals surface area contributed by atoms with E-state index in [1.54, 1.807) is 6.08 Å². The van der Waals surface area contributed by atoms with Crippen LogP contribution in [0.25, 0.3) is 6.08 Å². The van der Waals surface area contributed by atoms with E-state index in [2.05, 4.69) is 15.7 Å². The van der Waals surface area contributed by atoms with Gasteiger partial charge in [-0.15, -0.1) is 0 Å². The molecule has 0 radical (unpaired) electrons. The summed E-state index contributed by atoms with van der Waals surface area (Å²) in [5, 5.41) is 0.783. The number of rotatable bonds is 6. The smallest absolute Gasteiger partial charge is 0.330 e. The predicted molar refractivity (Wildman–Crippen MR) is 139 cm³/mol. The maximum Gasteiger partial charge on any atom is 0.330 e. The Kier molecular flexibility index (Phi) is 8.96. The molecule has 0 aromatic heterocycles. The highest BCUT2D eigenvalue weighted by Gasteiger charge is 2.30. The Bertz CT molecular complexity index is 1080. The van der Waals surface area contributed by atoms with Crippen LogP contribution in [0.3, 0.4) is 0 Å². The number of nitrogens with zero attached hydrogens (tertiary/aromatic N) is 1. The van der Waals surface area contributed by atoms with Gasteiger partial charge in [0.1, 0.15) is 5.60 Å². The van der Waals surface area contributed by atoms with Crippen molar-refractivity contribution in [3.05, 3.63) is 58.1 Å². The van der Waals surface area contributed by atoms with Crippen molar-refractivity contribution in [3.63, 3.8) is 0 Å². The van der Waals surface area contributed by atoms with E-state index in [1.165, 1.54) is 24.9 Å². The second-order valence-electron chi connectivity index (χ2n) is 9.03. The molecule has 1 atom stereocenters. The first-order chi connectivity index (χ1) is 16.1. The highest BCUT2D eigenvalue weighted by molar-refractivity contribution is 7.99. The minimum atomic E-state index is -0.499. The number of carbonyl (C=O) groups is 2. The maximum atomic E-state index is 12.7. The van der Waals surface area contributed by atoms with E-state index >= 15 is 0 Å². The lowest BCUT2D eigenvalue weighted by atomic mass is 9.97. The Morgan fingerprint density at radius 1 is 1.09 bits per heavy atom. The lowest BCUT2D eigenvalue weighted by Gasteiger charge is -2.35. The Hall–Kier alpha value is -2.15. The van der Waals surface area contributed by atoms with E-state index in [-0.39, 0.29) is 11.9 Å². The van der Waals surface area contributed by atoms with Gasteiger partial charge in [0, 0.05) is 29.0 Å². The fraction of sp³-hybridized carbons (Fsp3) is 0.385. The Labute approximate surface area is 215 Å². The number of piperidine rings is 1. The molecule has 182 valence electrons. The van der Waals surface area contributed by atoms with Crippen molar-refractivity contribution < 1.29 is 19.1 Å². The highest BCUT2D eigenvalue weighted by atomic mass is 35.5. The molecule has 0 saturated carbocycles. The molecule has 1 unspecified atom stereocenters. The summed E-state index contributed by atoms with van der Waals surface area (Å²) >= 11 is 14.6. The minimum absolute atomic E-state index is 0.146. The topological polar surface area (TPSA) is 55.8 Å². The number of methoxy groups -OCH3 is 1. The molecule has 0 bridgehead atoms. The number of halogens is 2. The third kappa shape index (κ3) is 6.94. The van der Waals surface area contributed by atoms with Gasteiger partial charge in [0.2, 0.25) is 0 Å². The fourth-order valence-electron chi connectivity index (χ4n) is 3.68. The van der Waals surface area contributed by atoms with E-state index in [0.29, 0.717) is 22.2 Å². The minimum Gasteiger partial charge on any atom is -0.466 e. The zero-order chi connectivity index (χ0) is 24.9. The number of para-hydroxylation sites is 1. The molecule has 0 spiro atoms. The molecular weight excluding hydrogens is 493 g/mol. The van der Waals surface area contributed by atoms with E-state index in [9.17, 15) is 9.59 Å². The van der Waals surface area contributed by atoms with Gasteiger partial charge in [-0.2, -0.15) is 0 Å². The van der Waals surface area contributed by atoms with Gasteiger partial charge in [-0.25, -0.2) is 4.79 Å². The molecule has 3 rings (SSSR count). The van der Waals surface area contributed by atoms with Gasteiger partial charge in [-0.1, -0.05) is 53.2 Å². The molecule has 0 N–H and O–H groups in total. The zero-order valence-electron chi connectivity index (χ0n) is 19.8. The number of carbonyl (C=O) groups excluding carboxylic acids is 2. The van der Waals surface area contributed by atoms with Gasteiger partial charge in [-0.05, 0) is 63.5 Å². The first-order valence-electron chi connectivity index (χ1n) is 11.1. The maximum absolute atomic E-state index is 12.7. The van der Waals surface area contributed by atoms with Gasteiger partial charge >= 0.3 is 11.9 Å². The quantitative estimate of drug-likeness (QED) is 0.304. The monoisotopic (exact) mass is 521 g/mol. The third-order valence-electron chi connectivity index (χ3n) is 5.26. The summed E-state index contributed by atoms with van der Waals surface area (Å²) in [4.78, 5) is 28.1. The van der Waals surface area contributed by atoms with Gasteiger partial charge in [0.15, 0.2) is 0 Å². The van der Waals surface area contributed by atoms with Gasteiger partial charge in [0.05, 0.1) is 28.8 Å². The molecule has 1 heterocycles. The van der Waals surface area contributed by atoms with Gasteiger partial charge in [-0.3, -0.25) is 4.79 Å². The fourth-order valence-corrected chi connectivity index (χ4v) is 5.26. The number of esters is 2. The molecule has 2 aromatic rings. The molecule has 8 heteroatoms. The number of hydrogen-bond donors (Lipinski definition) is 0. The summed E-state index contributed by atoms with van der Waals surface area (Å²) in [6.07, 6.45) is 4.61. The summed E-state index contributed by atoms with van der Waals surface area (Å²) in [7, 11) is 1.32. The molecule has 1 saturated heterocycles. The van der Waals surface area contributed by atoms with Crippen LogP contribution in [0.5, 0.6) is 0 Å². The molecule has 0 amide bonds. The highest BCUT2D eigenvalue weighted by Crippen LogP contribution is 2.43. The third-order valence-corrected chi connectivity index (χ3v) is 7.40. The standard InChI is InChI=1S/C26H29Cl2NO4S/c1-26(2,3)33-25(31)18-8-7-15-29(16-18)19-9-5-6-10-20(19)34-21-13-11-17(23(27)24(21)28)12-14-22(30)32-4/h5-6,9-14,18H,7-8,15-16H2,1-4H3. The Morgan fingerprint density at radius 2 is 1.82 bits per heavy atom. The van der Waals surface area contributed by atoms with Crippen LogP contribution in [-0.2, 0) is 19.1 Å². The molecule has 1 fully saturated rings. The van der Waals surface area contributed by atoms with Crippen LogP contribution in [-0.4, -0.2) is 37.7 Å². The molecule has 0 aliphatic carbocycles. The van der Waals surface area contributed by atoms with E-state index in [0.717, 1.165) is 34.9 Å². The number of benzene rings is 2. The van der Waals surface area contributed by atoms with Crippen molar-refractivity contribution >= 4 is 58.7 Å². The van der Waals surface area contributed by atoms with Crippen LogP contribution in [0.15, 0.2) is 52.3 Å². The summed E-state index contributed by atoms with van der Waals surface area (Å²) < 4.78 is 10.3. The van der Waals surface area contributed by atoms with Crippen molar-refractivity contribution in [2.24, 2.45) is 5.92 Å². The average molecular weight is 522 g/mol. The summed E-state index contributed by atoms with van der Waals surface area (Å²) in [6.45, 7) is 7.15. The number of ether oxygens (including phenoxy) is 2. The van der Waals surface area contributed by atoms with E-state index < -0.39 is 11.6 Å². The van der Waals surface area contributed by atoms with Crippen LogP contribution < -0.4 is 4.90 Å². The average Bonchev–Trinajstić information content (AvgIpc) is 2.80. The van der Waals surface area contributed by atoms with Crippen LogP contribution in [0.2, 0.25) is 10.0 Å².